The number of hydrogen-bond acceptors (Lipinski definition) is 2. The smallest absolute Gasteiger partial charge is 0.307 e. The van der Waals surface area contributed by atoms with Gasteiger partial charge < -0.3 is 10.4 Å². The van der Waals surface area contributed by atoms with E-state index in [1.807, 2.05) is 31.2 Å². The molecule has 1 amide bonds. The third-order valence-corrected chi connectivity index (χ3v) is 4.83. The number of nitrogens with one attached hydrogen (secondary N) is 1. The molecule has 4 atom stereocenters. The molecule has 21 heavy (non-hydrogen) atoms. The molecular formula is C16H16ClNO3. The van der Waals surface area contributed by atoms with Gasteiger partial charge in [-0.3, -0.25) is 9.59 Å². The highest BCUT2D eigenvalue weighted by atomic mass is 35.5. The summed E-state index contributed by atoms with van der Waals surface area (Å²) in [5.74, 6) is -2.33. The molecule has 0 spiro atoms. The van der Waals surface area contributed by atoms with Gasteiger partial charge in [0.15, 0.2) is 0 Å². The number of hydrogen-bond donors (Lipinski definition) is 2. The number of carboxylic acids is 1. The van der Waals surface area contributed by atoms with Crippen molar-refractivity contribution in [1.29, 1.82) is 0 Å². The second kappa shape index (κ2) is 5.19. The fraction of sp³-hybridized carbons (Fsp3) is 0.375. The molecule has 1 fully saturated rings. The van der Waals surface area contributed by atoms with Gasteiger partial charge in [-0.05, 0) is 36.8 Å². The van der Waals surface area contributed by atoms with Gasteiger partial charge in [0.1, 0.15) is 0 Å². The predicted octanol–water partition coefficient (Wildman–Crippen LogP) is 3.11. The largest absolute Gasteiger partial charge is 0.481 e. The molecule has 2 unspecified atom stereocenters. The van der Waals surface area contributed by atoms with E-state index in [2.05, 4.69) is 5.32 Å². The first-order chi connectivity index (χ1) is 9.99. The molecular weight excluding hydrogens is 290 g/mol. The number of aryl methyl sites for hydroxylation is 1. The molecule has 1 saturated carbocycles. The average Bonchev–Trinajstić information content (AvgIpc) is 3.03. The number of benzene rings is 1. The van der Waals surface area contributed by atoms with Crippen LogP contribution in [-0.4, -0.2) is 17.0 Å². The van der Waals surface area contributed by atoms with E-state index in [0.29, 0.717) is 10.7 Å². The van der Waals surface area contributed by atoms with Crippen molar-refractivity contribution in [3.63, 3.8) is 0 Å². The maximum atomic E-state index is 12.6. The molecule has 2 aliphatic carbocycles. The summed E-state index contributed by atoms with van der Waals surface area (Å²) >= 11 is 6.11. The quantitative estimate of drug-likeness (QED) is 0.843. The number of para-hydroxylation sites is 1. The van der Waals surface area contributed by atoms with Crippen LogP contribution >= 0.6 is 11.6 Å². The first-order valence-corrected chi connectivity index (χ1v) is 7.34. The number of fused-ring (bicyclic) bond motifs is 2. The molecule has 4 nitrogen and oxygen atoms in total. The minimum Gasteiger partial charge on any atom is -0.481 e. The Kier molecular flexibility index (Phi) is 3.49. The number of halogens is 1. The highest BCUT2D eigenvalue weighted by molar-refractivity contribution is 6.34. The van der Waals surface area contributed by atoms with Crippen LogP contribution in [0.2, 0.25) is 5.02 Å². The van der Waals surface area contributed by atoms with Gasteiger partial charge in [-0.1, -0.05) is 35.9 Å². The summed E-state index contributed by atoms with van der Waals surface area (Å²) in [5.41, 5.74) is 1.43. The first kappa shape index (κ1) is 14.1. The van der Waals surface area contributed by atoms with Crippen LogP contribution in [-0.2, 0) is 9.59 Å². The second-order valence-corrected chi connectivity index (χ2v) is 6.17. The van der Waals surface area contributed by atoms with Crippen LogP contribution in [0.3, 0.4) is 0 Å². The van der Waals surface area contributed by atoms with Crippen LogP contribution in [0.5, 0.6) is 0 Å². The minimum atomic E-state index is -0.900. The number of carbonyl (C=O) groups is 2. The zero-order chi connectivity index (χ0) is 15.1. The number of aliphatic carboxylic acids is 1. The van der Waals surface area contributed by atoms with Crippen molar-refractivity contribution in [2.45, 2.75) is 13.3 Å². The van der Waals surface area contributed by atoms with Gasteiger partial charge >= 0.3 is 5.97 Å². The van der Waals surface area contributed by atoms with Crippen LogP contribution in [0.15, 0.2) is 30.4 Å². The van der Waals surface area contributed by atoms with Gasteiger partial charge in [0.25, 0.3) is 0 Å². The molecule has 1 aromatic rings. The Balaban J connectivity index is 1.85. The molecule has 0 aliphatic heterocycles. The Bertz CT molecular complexity index is 620. The Labute approximate surface area is 127 Å². The van der Waals surface area contributed by atoms with Crippen molar-refractivity contribution in [2.75, 3.05) is 5.32 Å². The zero-order valence-electron chi connectivity index (χ0n) is 11.5. The summed E-state index contributed by atoms with van der Waals surface area (Å²) in [4.78, 5) is 24.0. The number of amides is 1. The maximum Gasteiger partial charge on any atom is 0.307 e. The lowest BCUT2D eigenvalue weighted by molar-refractivity contribution is -0.146. The molecule has 0 aromatic heterocycles. The monoisotopic (exact) mass is 305 g/mol. The summed E-state index contributed by atoms with van der Waals surface area (Å²) in [6, 6.07) is 5.38. The van der Waals surface area contributed by atoms with Crippen molar-refractivity contribution < 1.29 is 14.7 Å². The maximum absolute atomic E-state index is 12.6. The second-order valence-electron chi connectivity index (χ2n) is 5.76. The van der Waals surface area contributed by atoms with Crippen molar-refractivity contribution >= 4 is 29.2 Å². The number of carboxylic acid groups (broad SMARTS) is 1. The molecule has 110 valence electrons. The Hall–Kier alpha value is -1.81. The van der Waals surface area contributed by atoms with Gasteiger partial charge in [-0.25, -0.2) is 0 Å². The number of carbonyl (C=O) groups excluding carboxylic acids is 1. The van der Waals surface area contributed by atoms with Crippen LogP contribution < -0.4 is 5.32 Å². The molecule has 2 N–H and O–H groups in total. The third kappa shape index (κ3) is 2.33. The first-order valence-electron chi connectivity index (χ1n) is 6.96. The molecule has 0 saturated heterocycles. The highest BCUT2D eigenvalue weighted by Gasteiger charge is 2.51. The fourth-order valence-corrected chi connectivity index (χ4v) is 3.78. The summed E-state index contributed by atoms with van der Waals surface area (Å²) in [7, 11) is 0. The topological polar surface area (TPSA) is 66.4 Å². The van der Waals surface area contributed by atoms with Crippen LogP contribution in [0.1, 0.15) is 12.0 Å². The number of anilines is 1. The number of allylic oxidation sites excluding steroid dienone is 2. The van der Waals surface area contributed by atoms with Gasteiger partial charge in [0, 0.05) is 0 Å². The summed E-state index contributed by atoms with van der Waals surface area (Å²) in [5, 5.41) is 12.7. The third-order valence-electron chi connectivity index (χ3n) is 4.52. The Morgan fingerprint density at radius 1 is 1.24 bits per heavy atom. The number of rotatable bonds is 3. The standard InChI is InChI=1S/C16H16ClNO3/c1-8-3-2-4-11(17)14(8)18-15(19)12-9-5-6-10(7-9)13(12)16(20)21/h2-6,9-10,12-13H,7H2,1H3,(H,18,19)(H,20,21)/t9?,10?,12-,13+/m0/s1. The van der Waals surface area contributed by atoms with Crippen LogP contribution in [0, 0.1) is 30.6 Å². The normalized spacial score (nSPS) is 29.6. The van der Waals surface area contributed by atoms with Gasteiger partial charge in [0.2, 0.25) is 5.91 Å². The van der Waals surface area contributed by atoms with Crippen molar-refractivity contribution in [3.05, 3.63) is 40.9 Å². The van der Waals surface area contributed by atoms with E-state index in [1.165, 1.54) is 0 Å². The SMILES string of the molecule is Cc1cccc(Cl)c1NC(=O)[C@H]1C2C=CC(C2)[C@H]1C(=O)O. The predicted molar refractivity (Wildman–Crippen MR) is 80.2 cm³/mol. The van der Waals surface area contributed by atoms with Gasteiger partial charge in [0.05, 0.1) is 22.5 Å². The van der Waals surface area contributed by atoms with Gasteiger partial charge in [-0.2, -0.15) is 0 Å². The lowest BCUT2D eigenvalue weighted by Crippen LogP contribution is -2.36. The molecule has 0 radical (unpaired) electrons. The van der Waals surface area contributed by atoms with E-state index < -0.39 is 17.8 Å². The lowest BCUT2D eigenvalue weighted by Gasteiger charge is -2.24. The molecule has 2 aliphatic rings. The van der Waals surface area contributed by atoms with Crippen molar-refractivity contribution in [3.8, 4) is 0 Å². The van der Waals surface area contributed by atoms with E-state index in [-0.39, 0.29) is 17.7 Å². The summed E-state index contributed by atoms with van der Waals surface area (Å²) in [6.45, 7) is 1.86. The molecule has 1 aromatic carbocycles. The fourth-order valence-electron chi connectivity index (χ4n) is 3.51. The Morgan fingerprint density at radius 2 is 1.90 bits per heavy atom. The summed E-state index contributed by atoms with van der Waals surface area (Å²) < 4.78 is 0. The van der Waals surface area contributed by atoms with E-state index in [4.69, 9.17) is 11.6 Å². The van der Waals surface area contributed by atoms with Crippen molar-refractivity contribution in [2.24, 2.45) is 23.7 Å². The van der Waals surface area contributed by atoms with Gasteiger partial charge in [-0.15, -0.1) is 0 Å². The molecule has 2 bridgehead atoms. The molecule has 3 rings (SSSR count). The molecule has 0 heterocycles. The molecule has 5 heteroatoms. The van der Waals surface area contributed by atoms with E-state index in [9.17, 15) is 14.7 Å². The highest BCUT2D eigenvalue weighted by Crippen LogP contribution is 2.48. The zero-order valence-corrected chi connectivity index (χ0v) is 12.3. The van der Waals surface area contributed by atoms with E-state index in [1.54, 1.807) is 6.07 Å². The summed E-state index contributed by atoms with van der Waals surface area (Å²) in [6.07, 6.45) is 4.64. The Morgan fingerprint density at radius 3 is 2.52 bits per heavy atom. The lowest BCUT2D eigenvalue weighted by atomic mass is 9.82. The van der Waals surface area contributed by atoms with Crippen LogP contribution in [0.4, 0.5) is 5.69 Å². The van der Waals surface area contributed by atoms with Crippen molar-refractivity contribution in [1.82, 2.24) is 0 Å². The van der Waals surface area contributed by atoms with E-state index in [0.717, 1.165) is 12.0 Å². The van der Waals surface area contributed by atoms with Crippen LogP contribution in [0.25, 0.3) is 0 Å². The average molecular weight is 306 g/mol. The minimum absolute atomic E-state index is 0.0129. The van der Waals surface area contributed by atoms with E-state index >= 15 is 0 Å².